The van der Waals surface area contributed by atoms with E-state index in [9.17, 15) is 22.8 Å². The molecule has 0 spiro atoms. The first-order chi connectivity index (χ1) is 21.8. The number of pyridine rings is 2. The van der Waals surface area contributed by atoms with E-state index in [0.717, 1.165) is 31.5 Å². The zero-order chi connectivity index (χ0) is 33.1. The van der Waals surface area contributed by atoms with E-state index >= 15 is 4.39 Å². The summed E-state index contributed by atoms with van der Waals surface area (Å²) in [7, 11) is 1.95. The molecule has 6 rings (SSSR count). The fourth-order valence-electron chi connectivity index (χ4n) is 6.41. The van der Waals surface area contributed by atoms with Gasteiger partial charge in [-0.1, -0.05) is 29.8 Å². The number of carbonyl (C=O) groups excluding carboxylic acids is 1. The lowest BCUT2D eigenvalue weighted by Gasteiger charge is -2.42. The summed E-state index contributed by atoms with van der Waals surface area (Å²) in [6.45, 7) is 5.42. The number of amides is 1. The third kappa shape index (κ3) is 5.49. The molecule has 3 aromatic rings. The van der Waals surface area contributed by atoms with E-state index in [1.807, 2.05) is 11.9 Å². The van der Waals surface area contributed by atoms with Crippen LogP contribution in [0.5, 0.6) is 11.6 Å². The maximum Gasteiger partial charge on any atom is 0.431 e. The number of carbonyl (C=O) groups is 1. The fourth-order valence-corrected chi connectivity index (χ4v) is 6.86. The first-order valence-electron chi connectivity index (χ1n) is 14.6. The molecule has 2 fully saturated rings. The quantitative estimate of drug-likeness (QED) is 0.175. The average Bonchev–Trinajstić information content (AvgIpc) is 3.32. The monoisotopic (exact) mass is 684 g/mol. The maximum atomic E-state index is 15.5. The second kappa shape index (κ2) is 12.1. The molecule has 1 amide bonds. The van der Waals surface area contributed by atoms with Gasteiger partial charge in [0.15, 0.2) is 5.82 Å². The SMILES string of the molecule is C=CC(=O)N1CCN2c3c(c(OCC4CCCN4C)nc4c(=O)n(-c5c(N)c(Cl)cc(Cl)c5F)c(C(F)(F)F)cc34)OCCC2C1. The van der Waals surface area contributed by atoms with Crippen molar-refractivity contribution in [2.45, 2.75) is 37.5 Å². The molecular formula is C30H30Cl2F4N6O4. The highest BCUT2D eigenvalue weighted by Crippen LogP contribution is 2.47. The lowest BCUT2D eigenvalue weighted by atomic mass is 10.0. The lowest BCUT2D eigenvalue weighted by Crippen LogP contribution is -2.54. The molecule has 2 N–H and O–H groups in total. The normalized spacial score (nSPS) is 20.2. The minimum Gasteiger partial charge on any atom is -0.486 e. The van der Waals surface area contributed by atoms with Crippen molar-refractivity contribution in [3.05, 3.63) is 56.7 Å². The molecule has 2 aromatic heterocycles. The Kier molecular flexibility index (Phi) is 8.49. The van der Waals surface area contributed by atoms with Crippen LogP contribution in [-0.4, -0.2) is 83.8 Å². The lowest BCUT2D eigenvalue weighted by molar-refractivity contribution is -0.142. The van der Waals surface area contributed by atoms with Gasteiger partial charge in [0.05, 0.1) is 34.1 Å². The minimum absolute atomic E-state index is 0.0342. The molecule has 2 unspecified atom stereocenters. The topological polar surface area (TPSA) is 106 Å². The molecule has 0 aliphatic carbocycles. The Morgan fingerprint density at radius 3 is 2.63 bits per heavy atom. The second-order valence-electron chi connectivity index (χ2n) is 11.5. The van der Waals surface area contributed by atoms with E-state index < -0.39 is 45.2 Å². The number of nitrogens with zero attached hydrogens (tertiary/aromatic N) is 5. The largest absolute Gasteiger partial charge is 0.486 e. The predicted octanol–water partition coefficient (Wildman–Crippen LogP) is 4.89. The van der Waals surface area contributed by atoms with Gasteiger partial charge in [-0.05, 0) is 44.6 Å². The number of likely N-dealkylation sites (tertiary alicyclic amines) is 1. The van der Waals surface area contributed by atoms with Crippen LogP contribution in [0.2, 0.25) is 10.0 Å². The number of halogens is 6. The van der Waals surface area contributed by atoms with Crippen LogP contribution in [0.3, 0.4) is 0 Å². The standard InChI is InChI=1S/C30H30Cl2F4N6O4/c1-3-21(43)40-8-9-41-15(13-40)6-10-45-27-25(41)17-11-20(30(34,35)36)42(26-22(33)18(31)12-19(32)23(26)37)29(44)24(17)38-28(27)46-14-16-5-4-7-39(16)2/h3,11-12,15-16H,1,4-10,13-14,37H2,2H3. The van der Waals surface area contributed by atoms with Crippen LogP contribution in [0.15, 0.2) is 29.6 Å². The Balaban J connectivity index is 1.63. The Hall–Kier alpha value is -3.75. The number of aromatic nitrogens is 2. The van der Waals surface area contributed by atoms with Gasteiger partial charge in [-0.25, -0.2) is 9.37 Å². The van der Waals surface area contributed by atoms with Gasteiger partial charge < -0.3 is 29.9 Å². The highest BCUT2D eigenvalue weighted by atomic mass is 35.5. The van der Waals surface area contributed by atoms with Crippen molar-refractivity contribution in [2.75, 3.05) is 57.1 Å². The molecule has 16 heteroatoms. The van der Waals surface area contributed by atoms with E-state index in [-0.39, 0.29) is 83.1 Å². The highest BCUT2D eigenvalue weighted by Gasteiger charge is 2.41. The molecule has 10 nitrogen and oxygen atoms in total. The number of fused-ring (bicyclic) bond motifs is 5. The molecule has 2 atom stereocenters. The number of hydrogen-bond acceptors (Lipinski definition) is 8. The van der Waals surface area contributed by atoms with Gasteiger partial charge in [-0.2, -0.15) is 13.2 Å². The fraction of sp³-hybridized carbons (Fsp3) is 0.433. The molecule has 0 bridgehead atoms. The summed E-state index contributed by atoms with van der Waals surface area (Å²) >= 11 is 12.0. The van der Waals surface area contributed by atoms with Crippen molar-refractivity contribution in [3.63, 3.8) is 0 Å². The van der Waals surface area contributed by atoms with Gasteiger partial charge in [0, 0.05) is 37.5 Å². The molecule has 5 heterocycles. The third-order valence-corrected chi connectivity index (χ3v) is 9.38. The van der Waals surface area contributed by atoms with Crippen molar-refractivity contribution < 1.29 is 31.8 Å². The number of rotatable bonds is 5. The first-order valence-corrected chi connectivity index (χ1v) is 15.4. The maximum absolute atomic E-state index is 15.5. The van der Waals surface area contributed by atoms with E-state index in [1.54, 1.807) is 4.90 Å². The van der Waals surface area contributed by atoms with Crippen LogP contribution in [0.4, 0.5) is 28.9 Å². The van der Waals surface area contributed by atoms with Gasteiger partial charge in [-0.15, -0.1) is 0 Å². The number of piperazine rings is 1. The van der Waals surface area contributed by atoms with Crippen molar-refractivity contribution in [3.8, 4) is 17.3 Å². The number of likely N-dealkylation sites (N-methyl/N-ethyl adjacent to an activating group) is 1. The molecule has 246 valence electrons. The zero-order valence-corrected chi connectivity index (χ0v) is 26.2. The Labute approximate surface area is 270 Å². The third-order valence-electron chi connectivity index (χ3n) is 8.80. The van der Waals surface area contributed by atoms with Gasteiger partial charge in [0.2, 0.25) is 11.7 Å². The number of nitrogens with two attached hydrogens (primary N) is 1. The number of anilines is 2. The summed E-state index contributed by atoms with van der Waals surface area (Å²) in [5.74, 6) is -1.65. The summed E-state index contributed by atoms with van der Waals surface area (Å²) in [6.07, 6.45) is -1.75. The Morgan fingerprint density at radius 2 is 1.96 bits per heavy atom. The van der Waals surface area contributed by atoms with Gasteiger partial charge >= 0.3 is 6.18 Å². The van der Waals surface area contributed by atoms with E-state index in [2.05, 4.69) is 16.5 Å². The molecule has 3 aliphatic heterocycles. The van der Waals surface area contributed by atoms with Gasteiger partial charge in [0.25, 0.3) is 11.4 Å². The van der Waals surface area contributed by atoms with Crippen LogP contribution in [0.1, 0.15) is 25.0 Å². The number of benzene rings is 1. The average molecular weight is 686 g/mol. The van der Waals surface area contributed by atoms with Crippen LogP contribution in [-0.2, 0) is 11.0 Å². The van der Waals surface area contributed by atoms with Crippen LogP contribution in [0.25, 0.3) is 16.6 Å². The number of ether oxygens (including phenoxy) is 2. The van der Waals surface area contributed by atoms with Gasteiger partial charge in [-0.3, -0.25) is 14.2 Å². The zero-order valence-electron chi connectivity index (χ0n) is 24.7. The molecule has 3 aliphatic rings. The Morgan fingerprint density at radius 1 is 1.20 bits per heavy atom. The van der Waals surface area contributed by atoms with Crippen LogP contribution < -0.4 is 25.7 Å². The Bertz CT molecular complexity index is 1780. The van der Waals surface area contributed by atoms with Crippen molar-refractivity contribution >= 4 is 51.4 Å². The van der Waals surface area contributed by atoms with Crippen LogP contribution in [0, 0.1) is 5.82 Å². The molecular weight excluding hydrogens is 655 g/mol. The van der Waals surface area contributed by atoms with Gasteiger partial charge in [0.1, 0.15) is 23.5 Å². The summed E-state index contributed by atoms with van der Waals surface area (Å²) < 4.78 is 72.3. The first kappa shape index (κ1) is 32.2. The summed E-state index contributed by atoms with van der Waals surface area (Å²) in [5.41, 5.74) is 1.28. The number of alkyl halides is 3. The van der Waals surface area contributed by atoms with E-state index in [0.29, 0.717) is 6.42 Å². The number of hydrogen-bond donors (Lipinski definition) is 1. The number of nitrogen functional groups attached to an aromatic ring is 1. The van der Waals surface area contributed by atoms with Crippen molar-refractivity contribution in [2.24, 2.45) is 0 Å². The summed E-state index contributed by atoms with van der Waals surface area (Å²) in [6, 6.07) is 1.31. The summed E-state index contributed by atoms with van der Waals surface area (Å²) in [4.78, 5) is 36.6. The summed E-state index contributed by atoms with van der Waals surface area (Å²) in [5, 5.41) is -1.15. The molecule has 2 saturated heterocycles. The van der Waals surface area contributed by atoms with Crippen molar-refractivity contribution in [1.29, 1.82) is 0 Å². The second-order valence-corrected chi connectivity index (χ2v) is 12.3. The van der Waals surface area contributed by atoms with Crippen molar-refractivity contribution in [1.82, 2.24) is 19.4 Å². The smallest absolute Gasteiger partial charge is 0.431 e. The van der Waals surface area contributed by atoms with Crippen LogP contribution >= 0.6 is 23.2 Å². The predicted molar refractivity (Wildman–Crippen MR) is 166 cm³/mol. The highest BCUT2D eigenvalue weighted by molar-refractivity contribution is 6.37. The van der Waals surface area contributed by atoms with E-state index in [4.69, 9.17) is 38.4 Å². The molecule has 1 aromatic carbocycles. The molecule has 46 heavy (non-hydrogen) atoms. The minimum atomic E-state index is -5.17. The molecule has 0 radical (unpaired) electrons. The van der Waals surface area contributed by atoms with E-state index in [1.165, 1.54) is 6.08 Å². The molecule has 0 saturated carbocycles.